The maximum atomic E-state index is 12.7. The van der Waals surface area contributed by atoms with Crippen molar-refractivity contribution in [2.24, 2.45) is 5.92 Å². The van der Waals surface area contributed by atoms with Crippen LogP contribution in [0.4, 0.5) is 30.6 Å². The molecule has 1 saturated carbocycles. The molecule has 0 amide bonds. The lowest BCUT2D eigenvalue weighted by Gasteiger charge is -2.36. The molecule has 1 aliphatic rings. The Morgan fingerprint density at radius 2 is 1.78 bits per heavy atom. The summed E-state index contributed by atoms with van der Waals surface area (Å²) >= 11 is 0. The molecule has 2 aromatic rings. The lowest BCUT2D eigenvalue weighted by molar-refractivity contribution is -0.384. The summed E-state index contributed by atoms with van der Waals surface area (Å²) in [6, 6.07) is 5.89. The van der Waals surface area contributed by atoms with Crippen LogP contribution in [-0.4, -0.2) is 75.3 Å². The fourth-order valence-corrected chi connectivity index (χ4v) is 4.46. The largest absolute Gasteiger partial charge is 0.573 e. The average Bonchev–Trinajstić information content (AvgIpc) is 2.86. The minimum absolute atomic E-state index is 0.0160. The number of aromatic nitrogens is 2. The number of benzene rings is 1. The first-order valence-corrected chi connectivity index (χ1v) is 12.0. The maximum absolute atomic E-state index is 12.7. The Morgan fingerprint density at radius 1 is 1.11 bits per heavy atom. The number of rotatable bonds is 13. The van der Waals surface area contributed by atoms with Crippen molar-refractivity contribution in [1.82, 2.24) is 14.9 Å². The zero-order chi connectivity index (χ0) is 26.8. The van der Waals surface area contributed by atoms with Gasteiger partial charge in [0.15, 0.2) is 0 Å². The molecule has 0 radical (unpaired) electrons. The van der Waals surface area contributed by atoms with E-state index in [0.717, 1.165) is 31.9 Å². The van der Waals surface area contributed by atoms with E-state index in [0.29, 0.717) is 19.6 Å². The number of aliphatic hydroxyl groups excluding tert-OH is 2. The van der Waals surface area contributed by atoms with Gasteiger partial charge in [-0.25, -0.2) is 4.98 Å². The predicted molar refractivity (Wildman–Crippen MR) is 129 cm³/mol. The second-order valence-corrected chi connectivity index (χ2v) is 8.73. The molecule has 0 unspecified atom stereocenters. The molecule has 0 aliphatic heterocycles. The molecular formula is C23H31F3N6O5. The van der Waals surface area contributed by atoms with Gasteiger partial charge in [-0.2, -0.15) is 4.98 Å². The SMILES string of the molecule is O=[N+]([O-])c1cnc(NCc2ccccc2OC(F)(F)F)nc1NCC1CCC(N(CCO)CCO)CC1. The van der Waals surface area contributed by atoms with E-state index < -0.39 is 11.3 Å². The van der Waals surface area contributed by atoms with E-state index in [9.17, 15) is 33.5 Å². The topological polar surface area (TPSA) is 146 Å². The third-order valence-electron chi connectivity index (χ3n) is 6.27. The first-order valence-electron chi connectivity index (χ1n) is 12.0. The Morgan fingerprint density at radius 3 is 2.41 bits per heavy atom. The Labute approximate surface area is 211 Å². The number of aliphatic hydroxyl groups is 2. The van der Waals surface area contributed by atoms with Gasteiger partial charge in [0.1, 0.15) is 11.9 Å². The summed E-state index contributed by atoms with van der Waals surface area (Å²) < 4.78 is 42.0. The Hall–Kier alpha value is -3.23. The van der Waals surface area contributed by atoms with Crippen LogP contribution in [0.2, 0.25) is 0 Å². The molecule has 1 aliphatic carbocycles. The summed E-state index contributed by atoms with van der Waals surface area (Å²) in [6.07, 6.45) is -0.300. The van der Waals surface area contributed by atoms with Crippen LogP contribution in [0.15, 0.2) is 30.5 Å². The summed E-state index contributed by atoms with van der Waals surface area (Å²) in [6.45, 7) is 1.41. The lowest BCUT2D eigenvalue weighted by atomic mass is 9.85. The number of nitrogens with zero attached hydrogens (tertiary/aromatic N) is 4. The van der Waals surface area contributed by atoms with Gasteiger partial charge < -0.3 is 25.6 Å². The quantitative estimate of drug-likeness (QED) is 0.226. The number of nitrogens with one attached hydrogen (secondary N) is 2. The van der Waals surface area contributed by atoms with E-state index in [1.807, 2.05) is 0 Å². The van der Waals surface area contributed by atoms with E-state index in [-0.39, 0.29) is 60.5 Å². The molecule has 4 N–H and O–H groups in total. The van der Waals surface area contributed by atoms with Crippen LogP contribution in [0.3, 0.4) is 0 Å². The van der Waals surface area contributed by atoms with Gasteiger partial charge in [0.05, 0.1) is 18.1 Å². The second kappa shape index (κ2) is 13.4. The van der Waals surface area contributed by atoms with Gasteiger partial charge in [0.25, 0.3) is 0 Å². The smallest absolute Gasteiger partial charge is 0.405 e. The van der Waals surface area contributed by atoms with Gasteiger partial charge in [-0.3, -0.25) is 15.0 Å². The van der Waals surface area contributed by atoms with E-state index >= 15 is 0 Å². The fraction of sp³-hybridized carbons (Fsp3) is 0.565. The molecule has 0 bridgehead atoms. The van der Waals surface area contributed by atoms with Crippen LogP contribution in [-0.2, 0) is 6.54 Å². The highest BCUT2D eigenvalue weighted by atomic mass is 19.4. The third kappa shape index (κ3) is 8.68. The Balaban J connectivity index is 1.61. The number of hydrogen-bond acceptors (Lipinski definition) is 10. The number of ether oxygens (including phenoxy) is 1. The summed E-state index contributed by atoms with van der Waals surface area (Å²) in [4.78, 5) is 21.1. The standard InChI is InChI=1S/C23H31F3N6O5/c24-23(25,26)37-20-4-2-1-3-17(20)14-28-22-29-15-19(32(35)36)21(30-22)27-13-16-5-7-18(8-6-16)31(9-11-33)10-12-34/h1-4,15-16,18,33-34H,5-14H2,(H2,27,28,29,30). The van der Waals surface area contributed by atoms with Gasteiger partial charge in [-0.15, -0.1) is 13.2 Å². The van der Waals surface area contributed by atoms with Crippen molar-refractivity contribution in [1.29, 1.82) is 0 Å². The van der Waals surface area contributed by atoms with Crippen LogP contribution in [0.5, 0.6) is 5.75 Å². The van der Waals surface area contributed by atoms with Crippen molar-refractivity contribution in [3.63, 3.8) is 0 Å². The van der Waals surface area contributed by atoms with Gasteiger partial charge in [-0.05, 0) is 37.7 Å². The monoisotopic (exact) mass is 528 g/mol. The first kappa shape index (κ1) is 28.3. The summed E-state index contributed by atoms with van der Waals surface area (Å²) in [5, 5.41) is 35.8. The zero-order valence-corrected chi connectivity index (χ0v) is 20.2. The summed E-state index contributed by atoms with van der Waals surface area (Å²) in [5.74, 6) is -0.0810. The number of alkyl halides is 3. The first-order chi connectivity index (χ1) is 17.7. The van der Waals surface area contributed by atoms with E-state index in [4.69, 9.17) is 0 Å². The molecule has 0 spiro atoms. The van der Waals surface area contributed by atoms with Gasteiger partial charge in [-0.1, -0.05) is 18.2 Å². The van der Waals surface area contributed by atoms with Crippen molar-refractivity contribution in [3.8, 4) is 5.75 Å². The molecular weight excluding hydrogens is 497 g/mol. The van der Waals surface area contributed by atoms with E-state index in [1.165, 1.54) is 18.2 Å². The Bertz CT molecular complexity index is 1010. The van der Waals surface area contributed by atoms with Crippen LogP contribution in [0, 0.1) is 16.0 Å². The van der Waals surface area contributed by atoms with Crippen molar-refractivity contribution in [2.45, 2.75) is 44.6 Å². The van der Waals surface area contributed by atoms with Gasteiger partial charge >= 0.3 is 12.0 Å². The second-order valence-electron chi connectivity index (χ2n) is 8.73. The Kier molecular flexibility index (Phi) is 10.2. The molecule has 1 heterocycles. The minimum Gasteiger partial charge on any atom is -0.405 e. The lowest BCUT2D eigenvalue weighted by Crippen LogP contribution is -2.42. The van der Waals surface area contributed by atoms with Crippen molar-refractivity contribution >= 4 is 17.5 Å². The van der Waals surface area contributed by atoms with Gasteiger partial charge in [0.2, 0.25) is 11.8 Å². The number of nitro groups is 1. The number of halogens is 3. The molecule has 3 rings (SSSR count). The van der Waals surface area contributed by atoms with Gasteiger partial charge in [0, 0.05) is 37.8 Å². The van der Waals surface area contributed by atoms with E-state index in [1.54, 1.807) is 6.07 Å². The van der Waals surface area contributed by atoms with Crippen LogP contribution >= 0.6 is 0 Å². The molecule has 0 atom stereocenters. The normalized spacial score (nSPS) is 18.0. The van der Waals surface area contributed by atoms with Crippen LogP contribution in [0.25, 0.3) is 0 Å². The van der Waals surface area contributed by atoms with Crippen molar-refractivity contribution < 1.29 is 33.0 Å². The maximum Gasteiger partial charge on any atom is 0.573 e. The highest BCUT2D eigenvalue weighted by Gasteiger charge is 2.32. The molecule has 11 nitrogen and oxygen atoms in total. The van der Waals surface area contributed by atoms with Crippen molar-refractivity contribution in [2.75, 3.05) is 43.5 Å². The molecule has 1 aromatic carbocycles. The van der Waals surface area contributed by atoms with Crippen LogP contribution < -0.4 is 15.4 Å². The number of anilines is 2. The number of para-hydroxylation sites is 1. The summed E-state index contributed by atoms with van der Waals surface area (Å²) in [5.41, 5.74) is -0.0957. The molecule has 1 aromatic heterocycles. The summed E-state index contributed by atoms with van der Waals surface area (Å²) in [7, 11) is 0. The fourth-order valence-electron chi connectivity index (χ4n) is 4.46. The third-order valence-corrected chi connectivity index (χ3v) is 6.27. The molecule has 1 fully saturated rings. The highest BCUT2D eigenvalue weighted by molar-refractivity contribution is 5.57. The molecule has 37 heavy (non-hydrogen) atoms. The average molecular weight is 529 g/mol. The molecule has 204 valence electrons. The molecule has 0 saturated heterocycles. The highest BCUT2D eigenvalue weighted by Crippen LogP contribution is 2.30. The van der Waals surface area contributed by atoms with Crippen molar-refractivity contribution in [3.05, 3.63) is 46.1 Å². The zero-order valence-electron chi connectivity index (χ0n) is 20.2. The minimum atomic E-state index is -4.84. The molecule has 14 heteroatoms. The predicted octanol–water partition coefficient (Wildman–Crippen LogP) is 3.15. The van der Waals surface area contributed by atoms with Crippen LogP contribution in [0.1, 0.15) is 31.2 Å². The van der Waals surface area contributed by atoms with E-state index in [2.05, 4.69) is 30.2 Å². The number of hydrogen-bond donors (Lipinski definition) is 4.